The van der Waals surface area contributed by atoms with E-state index in [4.69, 9.17) is 23.3 Å². The lowest BCUT2D eigenvalue weighted by Gasteiger charge is -2.36. The molecule has 0 aliphatic rings. The van der Waals surface area contributed by atoms with Crippen molar-refractivity contribution in [3.8, 4) is 17.2 Å². The molecule has 0 fully saturated rings. The Labute approximate surface area is 260 Å². The number of nitrogens with zero attached hydrogens (tertiary/aromatic N) is 1. The Morgan fingerprint density at radius 3 is 1.80 bits per heavy atom. The van der Waals surface area contributed by atoms with Crippen molar-refractivity contribution in [2.45, 2.75) is 32.8 Å². The lowest BCUT2D eigenvalue weighted by Crippen LogP contribution is -2.38. The van der Waals surface area contributed by atoms with Gasteiger partial charge < -0.3 is 28.7 Å². The van der Waals surface area contributed by atoms with Gasteiger partial charge in [-0.25, -0.2) is 4.57 Å². The van der Waals surface area contributed by atoms with E-state index >= 15 is 0 Å². The van der Waals surface area contributed by atoms with Gasteiger partial charge in [-0.3, -0.25) is 13.8 Å². The molecule has 3 aromatic rings. The molecule has 3 rings (SSSR count). The number of hydrogen-bond donors (Lipinski definition) is 2. The summed E-state index contributed by atoms with van der Waals surface area (Å²) in [7, 11) is 3.11. The number of carbonyl (C=O) groups excluding carboxylic acids is 1. The number of esters is 1. The van der Waals surface area contributed by atoms with Crippen LogP contribution in [0.4, 0.5) is 0 Å². The van der Waals surface area contributed by atoms with Gasteiger partial charge >= 0.3 is 13.8 Å². The zero-order valence-corrected chi connectivity index (χ0v) is 27.5. The molecule has 11 heteroatoms. The summed E-state index contributed by atoms with van der Waals surface area (Å²) in [6.45, 7) is 5.29. The van der Waals surface area contributed by atoms with Crippen molar-refractivity contribution in [3.05, 3.63) is 89.5 Å². The molecule has 240 valence electrons. The van der Waals surface area contributed by atoms with E-state index in [1.165, 1.54) is 0 Å². The predicted molar refractivity (Wildman–Crippen MR) is 168 cm³/mol. The van der Waals surface area contributed by atoms with Crippen LogP contribution in [-0.4, -0.2) is 75.1 Å². The number of benzene rings is 3. The maximum absolute atomic E-state index is 13.2. The summed E-state index contributed by atoms with van der Waals surface area (Å²) < 4.78 is 39.2. The second-order valence-corrected chi connectivity index (χ2v) is 13.8. The van der Waals surface area contributed by atoms with E-state index < -0.39 is 24.8 Å². The predicted octanol–water partition coefficient (Wildman–Crippen LogP) is 5.83. The minimum absolute atomic E-state index is 0.00586. The van der Waals surface area contributed by atoms with E-state index in [1.807, 2.05) is 52.3 Å². The molecular weight excluding hydrogens is 585 g/mol. The Bertz CT molecular complexity index is 1400. The molecule has 0 amide bonds. The summed E-state index contributed by atoms with van der Waals surface area (Å²) in [6.07, 6.45) is -0.00586. The van der Waals surface area contributed by atoms with Crippen LogP contribution >= 0.6 is 7.82 Å². The van der Waals surface area contributed by atoms with Crippen LogP contribution in [0.15, 0.2) is 72.8 Å². The van der Waals surface area contributed by atoms with Crippen LogP contribution in [0.3, 0.4) is 0 Å². The summed E-state index contributed by atoms with van der Waals surface area (Å²) in [4.78, 5) is 23.1. The van der Waals surface area contributed by atoms with Gasteiger partial charge in [0.25, 0.3) is 0 Å². The van der Waals surface area contributed by atoms with Crippen molar-refractivity contribution in [2.24, 2.45) is 5.41 Å². The third-order valence-electron chi connectivity index (χ3n) is 6.99. The second kappa shape index (κ2) is 14.7. The number of carbonyl (C=O) groups is 1. The van der Waals surface area contributed by atoms with Crippen molar-refractivity contribution in [2.75, 3.05) is 54.6 Å². The van der Waals surface area contributed by atoms with Crippen LogP contribution in [0.25, 0.3) is 0 Å². The van der Waals surface area contributed by atoms with Crippen molar-refractivity contribution in [1.29, 1.82) is 0 Å². The fraction of sp³-hybridized carbons (Fsp3) is 0.424. The van der Waals surface area contributed by atoms with Crippen molar-refractivity contribution < 1.29 is 47.1 Å². The number of ether oxygens (including phenoxy) is 3. The molecule has 3 aromatic carbocycles. The van der Waals surface area contributed by atoms with Crippen LogP contribution in [-0.2, 0) is 28.7 Å². The maximum Gasteiger partial charge on any atom is 0.472 e. The van der Waals surface area contributed by atoms with Crippen molar-refractivity contribution in [3.63, 3.8) is 0 Å². The third kappa shape index (κ3) is 10.4. The Hall–Kier alpha value is -3.24. The van der Waals surface area contributed by atoms with Crippen LogP contribution < -0.4 is 9.47 Å². The number of quaternary nitrogens is 1. The van der Waals surface area contributed by atoms with Gasteiger partial charge in [0.15, 0.2) is 0 Å². The fourth-order valence-electron chi connectivity index (χ4n) is 4.44. The molecule has 44 heavy (non-hydrogen) atoms. The smallest absolute Gasteiger partial charge is 0.472 e. The molecule has 2 N–H and O–H groups in total. The van der Waals surface area contributed by atoms with Gasteiger partial charge in [0, 0.05) is 6.42 Å². The average molecular weight is 631 g/mol. The molecule has 10 nitrogen and oxygen atoms in total. The van der Waals surface area contributed by atoms with Gasteiger partial charge in [-0.2, -0.15) is 0 Å². The minimum atomic E-state index is -4.28. The van der Waals surface area contributed by atoms with Gasteiger partial charge in [-0.1, -0.05) is 42.0 Å². The summed E-state index contributed by atoms with van der Waals surface area (Å²) in [5.41, 5.74) is -0.489. The Balaban J connectivity index is 1.70. The highest BCUT2D eigenvalue weighted by molar-refractivity contribution is 7.47. The maximum atomic E-state index is 13.2. The van der Waals surface area contributed by atoms with E-state index in [9.17, 15) is 19.4 Å². The first kappa shape index (κ1) is 35.2. The zero-order valence-electron chi connectivity index (χ0n) is 26.6. The molecule has 0 saturated heterocycles. The highest BCUT2D eigenvalue weighted by atomic mass is 31.2. The molecule has 0 heterocycles. The molecule has 0 radical (unpaired) electrons. The number of rotatable bonds is 16. The van der Waals surface area contributed by atoms with E-state index in [-0.39, 0.29) is 26.2 Å². The van der Waals surface area contributed by atoms with E-state index in [2.05, 4.69) is 0 Å². The quantitative estimate of drug-likeness (QED) is 0.0872. The minimum Gasteiger partial charge on any atom is -0.497 e. The Morgan fingerprint density at radius 2 is 1.27 bits per heavy atom. The van der Waals surface area contributed by atoms with Gasteiger partial charge in [-0.15, -0.1) is 0 Å². The van der Waals surface area contributed by atoms with E-state index in [1.54, 1.807) is 69.5 Å². The third-order valence-corrected chi connectivity index (χ3v) is 8.01. The lowest BCUT2D eigenvalue weighted by molar-refractivity contribution is -0.870. The number of aryl methyl sites for hydroxylation is 1. The normalized spacial score (nSPS) is 14.8. The molecule has 0 aromatic heterocycles. The molecule has 0 bridgehead atoms. The number of phosphoric acid groups is 1. The highest BCUT2D eigenvalue weighted by Crippen LogP contribution is 2.44. The first-order valence-corrected chi connectivity index (χ1v) is 15.8. The van der Waals surface area contributed by atoms with Crippen molar-refractivity contribution >= 4 is 13.8 Å². The number of hydrogen-bond acceptors (Lipinski definition) is 8. The lowest BCUT2D eigenvalue weighted by atomic mass is 9.73. The topological polar surface area (TPSA) is 121 Å². The Morgan fingerprint density at radius 1 is 0.795 bits per heavy atom. The summed E-state index contributed by atoms with van der Waals surface area (Å²) in [5, 5.41) is 12.2. The first-order chi connectivity index (χ1) is 20.5. The number of methoxy groups -OCH3 is 1. The highest BCUT2D eigenvalue weighted by Gasteiger charge is 2.42. The first-order valence-electron chi connectivity index (χ1n) is 14.3. The van der Waals surface area contributed by atoms with Crippen LogP contribution in [0.2, 0.25) is 0 Å². The van der Waals surface area contributed by atoms with E-state index in [0.717, 1.165) is 11.3 Å². The average Bonchev–Trinajstić information content (AvgIpc) is 2.95. The van der Waals surface area contributed by atoms with Gasteiger partial charge in [-0.05, 0) is 68.3 Å². The standard InChI is InChI=1S/C33H44NO9P/c1-25-8-10-26(11-9-25)33(36,27-12-14-29(15-13-27)43-30-18-16-28(39-7)17-19-30)24-32(2,3)31(35)40-22-23-42-44(37,38)41-21-20-34(4,5)6/h8-19,36H,20-24H2,1-7H3/p+1. The SMILES string of the molecule is COc1ccc(Oc2ccc(C(O)(CC(C)(C)C(=O)OCCOP(=O)(O)OCC[N+](C)(C)C)c3ccc(C)cc3)cc2)cc1. The second-order valence-electron chi connectivity index (χ2n) is 12.4. The molecule has 0 spiro atoms. The molecular formula is C33H45NO9P+. The molecule has 0 aliphatic carbocycles. The molecule has 2 atom stereocenters. The summed E-state index contributed by atoms with van der Waals surface area (Å²) in [6, 6.07) is 21.7. The number of likely N-dealkylation sites (N-methyl/N-ethyl adjacent to an activating group) is 1. The van der Waals surface area contributed by atoms with Crippen LogP contribution in [0.5, 0.6) is 17.2 Å². The van der Waals surface area contributed by atoms with Crippen LogP contribution in [0, 0.1) is 12.3 Å². The number of aliphatic hydroxyl groups is 1. The molecule has 0 saturated carbocycles. The van der Waals surface area contributed by atoms with Gasteiger partial charge in [0.1, 0.15) is 42.6 Å². The number of phosphoric ester groups is 1. The fourth-order valence-corrected chi connectivity index (χ4v) is 5.13. The molecule has 0 aliphatic heterocycles. The van der Waals surface area contributed by atoms with Gasteiger partial charge in [0.05, 0.1) is 40.3 Å². The van der Waals surface area contributed by atoms with Crippen molar-refractivity contribution in [1.82, 2.24) is 0 Å². The van der Waals surface area contributed by atoms with Gasteiger partial charge in [0.2, 0.25) is 0 Å². The van der Waals surface area contributed by atoms with E-state index in [0.29, 0.717) is 33.7 Å². The Kier molecular flexibility index (Phi) is 11.8. The summed E-state index contributed by atoms with van der Waals surface area (Å²) >= 11 is 0. The largest absolute Gasteiger partial charge is 0.497 e. The monoisotopic (exact) mass is 630 g/mol. The van der Waals surface area contributed by atoms with Crippen LogP contribution in [0.1, 0.15) is 37.0 Å². The zero-order chi connectivity index (χ0) is 32.6. The summed E-state index contributed by atoms with van der Waals surface area (Å²) in [5.74, 6) is 1.34. The molecule has 2 unspecified atom stereocenters.